The van der Waals surface area contributed by atoms with Gasteiger partial charge in [-0.25, -0.2) is 4.39 Å². The normalized spacial score (nSPS) is 19.2. The van der Waals surface area contributed by atoms with Crippen LogP contribution in [0.2, 0.25) is 5.02 Å². The summed E-state index contributed by atoms with van der Waals surface area (Å²) in [5.41, 5.74) is 5.02. The second kappa shape index (κ2) is 3.71. The summed E-state index contributed by atoms with van der Waals surface area (Å²) in [6.07, 6.45) is 1.11. The Morgan fingerprint density at radius 1 is 1.56 bits per heavy atom. The number of benzene rings is 1. The summed E-state index contributed by atoms with van der Waals surface area (Å²) in [6.45, 7) is 0. The molecule has 5 heteroatoms. The molecule has 3 nitrogen and oxygen atoms in total. The van der Waals surface area contributed by atoms with Crippen molar-refractivity contribution in [2.75, 3.05) is 0 Å². The van der Waals surface area contributed by atoms with Gasteiger partial charge in [-0.2, -0.15) is 0 Å². The highest BCUT2D eigenvalue weighted by atomic mass is 35.5. The average Bonchev–Trinajstić information content (AvgIpc) is 2.97. The number of hydrogen-bond acceptors (Lipinski definition) is 2. The molecule has 0 heterocycles. The lowest BCUT2D eigenvalue weighted by Gasteiger charge is -2.21. The third-order valence-corrected chi connectivity index (χ3v) is 3.43. The van der Waals surface area contributed by atoms with Crippen molar-refractivity contribution in [2.45, 2.75) is 24.3 Å². The van der Waals surface area contributed by atoms with E-state index in [2.05, 4.69) is 0 Å². The standard InChI is InChI=1S/C11H11ClFNO2/c12-6-2-1-3-7(13)8(6)11(4-5-11)9(14)10(15)16/h1-3,9H,4-5,14H2,(H,15,16). The molecule has 86 valence electrons. The first kappa shape index (κ1) is 11.4. The maximum Gasteiger partial charge on any atom is 0.321 e. The van der Waals surface area contributed by atoms with Crippen molar-refractivity contribution in [3.05, 3.63) is 34.6 Å². The summed E-state index contributed by atoms with van der Waals surface area (Å²) in [5, 5.41) is 9.15. The first-order valence-corrected chi connectivity index (χ1v) is 5.30. The van der Waals surface area contributed by atoms with Crippen LogP contribution in [-0.2, 0) is 10.2 Å². The van der Waals surface area contributed by atoms with E-state index in [0.717, 1.165) is 0 Å². The van der Waals surface area contributed by atoms with E-state index in [-0.39, 0.29) is 10.6 Å². The molecule has 1 aliphatic carbocycles. The molecule has 0 saturated heterocycles. The molecule has 1 aromatic carbocycles. The van der Waals surface area contributed by atoms with Crippen molar-refractivity contribution < 1.29 is 14.3 Å². The van der Waals surface area contributed by atoms with Gasteiger partial charge < -0.3 is 10.8 Å². The molecule has 0 radical (unpaired) electrons. The van der Waals surface area contributed by atoms with Gasteiger partial charge in [-0.15, -0.1) is 0 Å². The van der Waals surface area contributed by atoms with Gasteiger partial charge in [0.05, 0.1) is 0 Å². The van der Waals surface area contributed by atoms with E-state index in [0.29, 0.717) is 12.8 Å². The van der Waals surface area contributed by atoms with E-state index in [4.69, 9.17) is 22.4 Å². The zero-order chi connectivity index (χ0) is 11.9. The third-order valence-electron chi connectivity index (χ3n) is 3.11. The third kappa shape index (κ3) is 1.58. The molecule has 1 saturated carbocycles. The SMILES string of the molecule is NC(C(=O)O)C1(c2c(F)cccc2Cl)CC1. The minimum atomic E-state index is -1.13. The summed E-state index contributed by atoms with van der Waals surface area (Å²) >= 11 is 5.91. The van der Waals surface area contributed by atoms with Crippen LogP contribution in [0, 0.1) is 5.82 Å². The van der Waals surface area contributed by atoms with Crippen LogP contribution in [0.4, 0.5) is 4.39 Å². The minimum absolute atomic E-state index is 0.242. The van der Waals surface area contributed by atoms with Gasteiger partial charge in [0, 0.05) is 16.0 Å². The number of carboxylic acid groups (broad SMARTS) is 1. The largest absolute Gasteiger partial charge is 0.480 e. The van der Waals surface area contributed by atoms with Crippen LogP contribution in [0.3, 0.4) is 0 Å². The quantitative estimate of drug-likeness (QED) is 0.853. The molecule has 1 aromatic rings. The fourth-order valence-electron chi connectivity index (χ4n) is 2.06. The molecule has 16 heavy (non-hydrogen) atoms. The predicted molar refractivity (Wildman–Crippen MR) is 57.9 cm³/mol. The number of rotatable bonds is 3. The molecule has 1 fully saturated rings. The van der Waals surface area contributed by atoms with Gasteiger partial charge >= 0.3 is 5.97 Å². The predicted octanol–water partition coefficient (Wildman–Crippen LogP) is 1.92. The maximum absolute atomic E-state index is 13.7. The first-order chi connectivity index (χ1) is 7.49. The molecule has 0 aromatic heterocycles. The van der Waals surface area contributed by atoms with Gasteiger partial charge in [0.2, 0.25) is 0 Å². The van der Waals surface area contributed by atoms with E-state index >= 15 is 0 Å². The van der Waals surface area contributed by atoms with E-state index in [1.54, 1.807) is 6.07 Å². The Bertz CT molecular complexity index is 425. The lowest BCUT2D eigenvalue weighted by molar-refractivity contribution is -0.139. The van der Waals surface area contributed by atoms with Crippen molar-refractivity contribution in [1.29, 1.82) is 0 Å². The second-order valence-corrected chi connectivity index (χ2v) is 4.48. The Labute approximate surface area is 97.0 Å². The monoisotopic (exact) mass is 243 g/mol. The average molecular weight is 244 g/mol. The van der Waals surface area contributed by atoms with Crippen LogP contribution < -0.4 is 5.73 Å². The van der Waals surface area contributed by atoms with Crippen LogP contribution in [-0.4, -0.2) is 17.1 Å². The number of carbonyl (C=O) groups is 1. The highest BCUT2D eigenvalue weighted by molar-refractivity contribution is 6.31. The van der Waals surface area contributed by atoms with Crippen LogP contribution in [0.15, 0.2) is 18.2 Å². The van der Waals surface area contributed by atoms with Gasteiger partial charge in [-0.05, 0) is 25.0 Å². The number of hydrogen-bond donors (Lipinski definition) is 2. The lowest BCUT2D eigenvalue weighted by atomic mass is 9.88. The van der Waals surface area contributed by atoms with Crippen molar-refractivity contribution in [2.24, 2.45) is 5.73 Å². The van der Waals surface area contributed by atoms with Crippen LogP contribution in [0.1, 0.15) is 18.4 Å². The zero-order valence-corrected chi connectivity index (χ0v) is 9.17. The molecule has 3 N–H and O–H groups in total. The van der Waals surface area contributed by atoms with Crippen molar-refractivity contribution in [1.82, 2.24) is 0 Å². The van der Waals surface area contributed by atoms with Crippen LogP contribution in [0.25, 0.3) is 0 Å². The summed E-state index contributed by atoms with van der Waals surface area (Å²) < 4.78 is 13.7. The van der Waals surface area contributed by atoms with Gasteiger partial charge in [-0.3, -0.25) is 4.79 Å². The lowest BCUT2D eigenvalue weighted by Crippen LogP contribution is -2.42. The summed E-state index contributed by atoms with van der Waals surface area (Å²) in [7, 11) is 0. The number of halogens is 2. The number of nitrogens with two attached hydrogens (primary N) is 1. The Hall–Kier alpha value is -1.13. The van der Waals surface area contributed by atoms with Crippen molar-refractivity contribution >= 4 is 17.6 Å². The Morgan fingerprint density at radius 2 is 2.19 bits per heavy atom. The van der Waals surface area contributed by atoms with Crippen LogP contribution >= 0.6 is 11.6 Å². The van der Waals surface area contributed by atoms with Gasteiger partial charge in [0.25, 0.3) is 0 Å². The molecular weight excluding hydrogens is 233 g/mol. The molecular formula is C11H11ClFNO2. The second-order valence-electron chi connectivity index (χ2n) is 4.07. The van der Waals surface area contributed by atoms with E-state index in [1.807, 2.05) is 0 Å². The fourth-order valence-corrected chi connectivity index (χ4v) is 2.41. The van der Waals surface area contributed by atoms with Gasteiger partial charge in [0.1, 0.15) is 11.9 Å². The van der Waals surface area contributed by atoms with Crippen LogP contribution in [0.5, 0.6) is 0 Å². The Kier molecular flexibility index (Phi) is 2.64. The molecule has 0 bridgehead atoms. The summed E-state index contributed by atoms with van der Waals surface area (Å²) in [5.74, 6) is -1.61. The summed E-state index contributed by atoms with van der Waals surface area (Å²) in [4.78, 5) is 10.9. The molecule has 0 spiro atoms. The Morgan fingerprint density at radius 3 is 2.62 bits per heavy atom. The van der Waals surface area contributed by atoms with E-state index < -0.39 is 23.2 Å². The van der Waals surface area contributed by atoms with Crippen molar-refractivity contribution in [3.63, 3.8) is 0 Å². The smallest absolute Gasteiger partial charge is 0.321 e. The Balaban J connectivity index is 2.48. The molecule has 1 atom stereocenters. The zero-order valence-electron chi connectivity index (χ0n) is 8.41. The molecule has 2 rings (SSSR count). The molecule has 0 amide bonds. The molecule has 1 aliphatic rings. The van der Waals surface area contributed by atoms with Crippen molar-refractivity contribution in [3.8, 4) is 0 Å². The molecule has 1 unspecified atom stereocenters. The maximum atomic E-state index is 13.7. The first-order valence-electron chi connectivity index (χ1n) is 4.92. The molecule has 0 aliphatic heterocycles. The highest BCUT2D eigenvalue weighted by Crippen LogP contribution is 2.53. The topological polar surface area (TPSA) is 63.3 Å². The fraction of sp³-hybridized carbons (Fsp3) is 0.364. The summed E-state index contributed by atoms with van der Waals surface area (Å²) in [6, 6.07) is 3.20. The minimum Gasteiger partial charge on any atom is -0.480 e. The van der Waals surface area contributed by atoms with E-state index in [1.165, 1.54) is 12.1 Å². The van der Waals surface area contributed by atoms with Gasteiger partial charge in [-0.1, -0.05) is 17.7 Å². The van der Waals surface area contributed by atoms with E-state index in [9.17, 15) is 9.18 Å². The number of carboxylic acids is 1. The number of aliphatic carboxylic acids is 1. The highest BCUT2D eigenvalue weighted by Gasteiger charge is 2.54. The van der Waals surface area contributed by atoms with Gasteiger partial charge in [0.15, 0.2) is 0 Å².